The summed E-state index contributed by atoms with van der Waals surface area (Å²) in [4.78, 5) is 38.5. The average Bonchev–Trinajstić information content (AvgIpc) is 3.12. The Morgan fingerprint density at radius 1 is 1.23 bits per heavy atom. The van der Waals surface area contributed by atoms with Gasteiger partial charge in [0.05, 0.1) is 11.4 Å². The number of hydrogen-bond acceptors (Lipinski definition) is 4. The molecule has 1 aromatic rings. The standard InChI is InChI=1S/C20H26N2O4/c1-20(2)19(25)21-15-9-5-6-10-16(15)22(20)17(23)13-26-18(24)12-11-14-7-3-4-8-14/h5-6,9-10,14H,3-4,7-8,11-13H2,1-2H3,(H,21,25). The Labute approximate surface area is 153 Å². The molecular formula is C20H26N2O4. The number of esters is 1. The molecule has 0 unspecified atom stereocenters. The molecule has 0 radical (unpaired) electrons. The molecule has 0 aromatic heterocycles. The van der Waals surface area contributed by atoms with Crippen LogP contribution in [0.15, 0.2) is 24.3 Å². The van der Waals surface area contributed by atoms with Gasteiger partial charge in [-0.3, -0.25) is 19.3 Å². The molecule has 140 valence electrons. The summed E-state index contributed by atoms with van der Waals surface area (Å²) in [5.74, 6) is -0.406. The molecule has 2 aliphatic rings. The highest BCUT2D eigenvalue weighted by atomic mass is 16.5. The summed E-state index contributed by atoms with van der Waals surface area (Å²) < 4.78 is 5.20. The fourth-order valence-corrected chi connectivity index (χ4v) is 3.80. The fraction of sp³-hybridized carbons (Fsp3) is 0.550. The summed E-state index contributed by atoms with van der Waals surface area (Å²) in [5.41, 5.74) is 0.142. The maximum absolute atomic E-state index is 12.8. The van der Waals surface area contributed by atoms with Gasteiger partial charge in [0.15, 0.2) is 6.61 Å². The van der Waals surface area contributed by atoms with Crippen molar-refractivity contribution in [2.24, 2.45) is 5.92 Å². The first-order chi connectivity index (χ1) is 12.4. The largest absolute Gasteiger partial charge is 0.456 e. The lowest BCUT2D eigenvalue weighted by Crippen LogP contribution is -2.59. The molecule has 1 aliphatic carbocycles. The molecule has 2 amide bonds. The van der Waals surface area contributed by atoms with Gasteiger partial charge in [0, 0.05) is 6.42 Å². The number of fused-ring (bicyclic) bond motifs is 1. The minimum Gasteiger partial charge on any atom is -0.456 e. The van der Waals surface area contributed by atoms with Crippen molar-refractivity contribution in [2.45, 2.75) is 57.9 Å². The molecule has 1 N–H and O–H groups in total. The highest BCUT2D eigenvalue weighted by molar-refractivity contribution is 6.14. The molecule has 0 bridgehead atoms. The molecular weight excluding hydrogens is 332 g/mol. The summed E-state index contributed by atoms with van der Waals surface area (Å²) in [6, 6.07) is 7.12. The van der Waals surface area contributed by atoms with E-state index in [0.717, 1.165) is 6.42 Å². The van der Waals surface area contributed by atoms with E-state index in [1.165, 1.54) is 30.6 Å². The van der Waals surface area contributed by atoms with Crippen molar-refractivity contribution in [3.63, 3.8) is 0 Å². The van der Waals surface area contributed by atoms with Gasteiger partial charge in [-0.05, 0) is 38.3 Å². The summed E-state index contributed by atoms with van der Waals surface area (Å²) in [6.45, 7) is 3.00. The van der Waals surface area contributed by atoms with Crippen LogP contribution >= 0.6 is 0 Å². The zero-order valence-electron chi connectivity index (χ0n) is 15.4. The third-order valence-corrected chi connectivity index (χ3v) is 5.35. The topological polar surface area (TPSA) is 75.7 Å². The number of ether oxygens (including phenoxy) is 1. The van der Waals surface area contributed by atoms with Crippen molar-refractivity contribution in [1.82, 2.24) is 0 Å². The lowest BCUT2D eigenvalue weighted by molar-refractivity contribution is -0.148. The van der Waals surface area contributed by atoms with E-state index in [-0.39, 0.29) is 18.5 Å². The third kappa shape index (κ3) is 3.74. The summed E-state index contributed by atoms with van der Waals surface area (Å²) >= 11 is 0. The molecule has 1 heterocycles. The monoisotopic (exact) mass is 358 g/mol. The van der Waals surface area contributed by atoms with Gasteiger partial charge in [-0.2, -0.15) is 0 Å². The predicted octanol–water partition coefficient (Wildman–Crippen LogP) is 3.26. The van der Waals surface area contributed by atoms with Gasteiger partial charge in [-0.15, -0.1) is 0 Å². The van der Waals surface area contributed by atoms with Crippen LogP contribution in [0.4, 0.5) is 11.4 Å². The fourth-order valence-electron chi connectivity index (χ4n) is 3.80. The van der Waals surface area contributed by atoms with E-state index in [1.807, 2.05) is 0 Å². The number of anilines is 2. The van der Waals surface area contributed by atoms with Crippen LogP contribution in [0.1, 0.15) is 52.4 Å². The van der Waals surface area contributed by atoms with Gasteiger partial charge < -0.3 is 10.1 Å². The van der Waals surface area contributed by atoms with E-state index >= 15 is 0 Å². The second-order valence-corrected chi connectivity index (χ2v) is 7.61. The zero-order valence-corrected chi connectivity index (χ0v) is 15.4. The minimum atomic E-state index is -1.05. The molecule has 1 aliphatic heterocycles. The van der Waals surface area contributed by atoms with E-state index in [0.29, 0.717) is 23.7 Å². The summed E-state index contributed by atoms with van der Waals surface area (Å²) in [5, 5.41) is 2.81. The molecule has 6 heteroatoms. The van der Waals surface area contributed by atoms with E-state index in [1.54, 1.807) is 38.1 Å². The van der Waals surface area contributed by atoms with Gasteiger partial charge >= 0.3 is 5.97 Å². The molecule has 6 nitrogen and oxygen atoms in total. The Morgan fingerprint density at radius 3 is 2.65 bits per heavy atom. The zero-order chi connectivity index (χ0) is 18.7. The maximum atomic E-state index is 12.8. The lowest BCUT2D eigenvalue weighted by atomic mass is 9.96. The second-order valence-electron chi connectivity index (χ2n) is 7.61. The predicted molar refractivity (Wildman–Crippen MR) is 98.8 cm³/mol. The van der Waals surface area contributed by atoms with Gasteiger partial charge in [-0.25, -0.2) is 0 Å². The number of hydrogen-bond donors (Lipinski definition) is 1. The Bertz CT molecular complexity index is 708. The Kier molecular flexibility index (Phi) is 5.30. The van der Waals surface area contributed by atoms with Crippen LogP contribution < -0.4 is 10.2 Å². The molecule has 1 aromatic carbocycles. The van der Waals surface area contributed by atoms with E-state index in [9.17, 15) is 14.4 Å². The first-order valence-electron chi connectivity index (χ1n) is 9.29. The number of amides is 2. The highest BCUT2D eigenvalue weighted by Crippen LogP contribution is 2.36. The molecule has 0 atom stereocenters. The number of rotatable bonds is 5. The van der Waals surface area contributed by atoms with Crippen LogP contribution in [0.25, 0.3) is 0 Å². The van der Waals surface area contributed by atoms with Crippen LogP contribution in [-0.4, -0.2) is 29.9 Å². The lowest BCUT2D eigenvalue weighted by Gasteiger charge is -2.41. The van der Waals surface area contributed by atoms with Crippen molar-refractivity contribution in [2.75, 3.05) is 16.8 Å². The Hall–Kier alpha value is -2.37. The Balaban J connectivity index is 1.62. The van der Waals surface area contributed by atoms with Crippen LogP contribution in [-0.2, 0) is 19.1 Å². The Morgan fingerprint density at radius 2 is 1.92 bits per heavy atom. The normalized spacial score (nSPS) is 19.0. The first kappa shape index (κ1) is 18.4. The number of carbonyl (C=O) groups is 3. The van der Waals surface area contributed by atoms with Crippen LogP contribution in [0.2, 0.25) is 0 Å². The quantitative estimate of drug-likeness (QED) is 0.820. The van der Waals surface area contributed by atoms with Crippen LogP contribution in [0, 0.1) is 5.92 Å². The van der Waals surface area contributed by atoms with E-state index < -0.39 is 11.4 Å². The number of nitrogens with zero attached hydrogens (tertiary/aromatic N) is 1. The molecule has 3 rings (SSSR count). The van der Waals surface area contributed by atoms with Crippen LogP contribution in [0.3, 0.4) is 0 Å². The molecule has 26 heavy (non-hydrogen) atoms. The van der Waals surface area contributed by atoms with Gasteiger partial charge in [0.1, 0.15) is 5.54 Å². The number of para-hydroxylation sites is 2. The summed E-state index contributed by atoms with van der Waals surface area (Å²) in [6.07, 6.45) is 6.01. The van der Waals surface area contributed by atoms with Crippen molar-refractivity contribution < 1.29 is 19.1 Å². The van der Waals surface area contributed by atoms with Gasteiger partial charge in [0.2, 0.25) is 5.91 Å². The SMILES string of the molecule is CC1(C)C(=O)Nc2ccccc2N1C(=O)COC(=O)CCC1CCCC1. The summed E-state index contributed by atoms with van der Waals surface area (Å²) in [7, 11) is 0. The third-order valence-electron chi connectivity index (χ3n) is 5.35. The molecule has 0 saturated heterocycles. The highest BCUT2D eigenvalue weighted by Gasteiger charge is 2.43. The van der Waals surface area contributed by atoms with Gasteiger partial charge in [-0.1, -0.05) is 37.8 Å². The van der Waals surface area contributed by atoms with E-state index in [4.69, 9.17) is 4.74 Å². The average molecular weight is 358 g/mol. The number of nitrogens with one attached hydrogen (secondary N) is 1. The van der Waals surface area contributed by atoms with Crippen molar-refractivity contribution in [3.05, 3.63) is 24.3 Å². The second kappa shape index (κ2) is 7.48. The van der Waals surface area contributed by atoms with Crippen molar-refractivity contribution >= 4 is 29.2 Å². The van der Waals surface area contributed by atoms with Crippen molar-refractivity contribution in [3.8, 4) is 0 Å². The smallest absolute Gasteiger partial charge is 0.306 e. The van der Waals surface area contributed by atoms with Crippen molar-refractivity contribution in [1.29, 1.82) is 0 Å². The van der Waals surface area contributed by atoms with E-state index in [2.05, 4.69) is 5.32 Å². The maximum Gasteiger partial charge on any atom is 0.306 e. The minimum absolute atomic E-state index is 0.267. The first-order valence-corrected chi connectivity index (χ1v) is 9.29. The van der Waals surface area contributed by atoms with Gasteiger partial charge in [0.25, 0.3) is 5.91 Å². The molecule has 1 saturated carbocycles. The number of carbonyl (C=O) groups excluding carboxylic acids is 3. The number of benzene rings is 1. The van der Waals surface area contributed by atoms with Crippen LogP contribution in [0.5, 0.6) is 0 Å². The molecule has 1 fully saturated rings. The molecule has 0 spiro atoms.